The van der Waals surface area contributed by atoms with Crippen LogP contribution in [0.15, 0.2) is 30.3 Å². The smallest absolute Gasteiger partial charge is 0.251 e. The molecule has 0 aliphatic carbocycles. The Bertz CT molecular complexity index is 274. The van der Waals surface area contributed by atoms with Crippen LogP contribution >= 0.6 is 12.6 Å². The van der Waals surface area contributed by atoms with Gasteiger partial charge in [-0.2, -0.15) is 12.6 Å². The second kappa shape index (κ2) is 4.92. The molecule has 13 heavy (non-hydrogen) atoms. The molecule has 0 aliphatic rings. The number of hydrogen-bond acceptors (Lipinski definition) is 2. The first-order valence-electron chi connectivity index (χ1n) is 4.21. The monoisotopic (exact) mass is 195 g/mol. The number of thiol groups is 1. The summed E-state index contributed by atoms with van der Waals surface area (Å²) in [6.07, 6.45) is 0. The van der Waals surface area contributed by atoms with Gasteiger partial charge in [-0.3, -0.25) is 4.79 Å². The van der Waals surface area contributed by atoms with Gasteiger partial charge in [-0.15, -0.1) is 0 Å². The van der Waals surface area contributed by atoms with E-state index in [9.17, 15) is 4.79 Å². The highest BCUT2D eigenvalue weighted by atomic mass is 32.1. The van der Waals surface area contributed by atoms with Crippen molar-refractivity contribution >= 4 is 18.5 Å². The molecule has 0 saturated carbocycles. The molecule has 1 amide bonds. The number of amides is 1. The van der Waals surface area contributed by atoms with E-state index in [0.717, 1.165) is 0 Å². The minimum absolute atomic E-state index is 0.0397. The lowest BCUT2D eigenvalue weighted by molar-refractivity contribution is 0.0944. The molecule has 1 aromatic carbocycles. The van der Waals surface area contributed by atoms with E-state index in [1.54, 1.807) is 12.1 Å². The van der Waals surface area contributed by atoms with Crippen molar-refractivity contribution in [3.63, 3.8) is 0 Å². The van der Waals surface area contributed by atoms with E-state index in [2.05, 4.69) is 17.9 Å². The summed E-state index contributed by atoms with van der Waals surface area (Å²) in [5.74, 6) is 0.612. The Morgan fingerprint density at radius 1 is 1.46 bits per heavy atom. The van der Waals surface area contributed by atoms with Gasteiger partial charge in [0.2, 0.25) is 0 Å². The van der Waals surface area contributed by atoms with Gasteiger partial charge in [-0.1, -0.05) is 18.2 Å². The van der Waals surface area contributed by atoms with Crippen LogP contribution in [0.4, 0.5) is 0 Å². The van der Waals surface area contributed by atoms with E-state index in [0.29, 0.717) is 11.3 Å². The largest absolute Gasteiger partial charge is 0.349 e. The van der Waals surface area contributed by atoms with Gasteiger partial charge in [-0.05, 0) is 19.1 Å². The quantitative estimate of drug-likeness (QED) is 0.707. The summed E-state index contributed by atoms with van der Waals surface area (Å²) < 4.78 is 0. The van der Waals surface area contributed by atoms with Crippen LogP contribution in [0.1, 0.15) is 17.3 Å². The van der Waals surface area contributed by atoms with E-state index in [-0.39, 0.29) is 11.9 Å². The van der Waals surface area contributed by atoms with Crippen molar-refractivity contribution in [3.8, 4) is 0 Å². The van der Waals surface area contributed by atoms with Gasteiger partial charge in [-0.25, -0.2) is 0 Å². The van der Waals surface area contributed by atoms with Crippen molar-refractivity contribution in [2.45, 2.75) is 13.0 Å². The van der Waals surface area contributed by atoms with Crippen molar-refractivity contribution in [2.24, 2.45) is 0 Å². The molecule has 0 aliphatic heterocycles. The van der Waals surface area contributed by atoms with Gasteiger partial charge < -0.3 is 5.32 Å². The number of nitrogens with one attached hydrogen (secondary N) is 1. The third kappa shape index (κ3) is 3.11. The molecule has 70 valence electrons. The standard InChI is InChI=1S/C10H13NOS/c1-8(7-13)11-10(12)9-5-3-2-4-6-9/h2-6,8,13H,7H2,1H3,(H,11,12). The van der Waals surface area contributed by atoms with Crippen LogP contribution in [-0.2, 0) is 0 Å². The summed E-state index contributed by atoms with van der Waals surface area (Å²) in [5.41, 5.74) is 0.691. The normalized spacial score (nSPS) is 12.2. The van der Waals surface area contributed by atoms with Gasteiger partial charge >= 0.3 is 0 Å². The Hall–Kier alpha value is -0.960. The summed E-state index contributed by atoms with van der Waals surface area (Å²) in [7, 11) is 0. The maximum Gasteiger partial charge on any atom is 0.251 e. The molecular formula is C10H13NOS. The summed E-state index contributed by atoms with van der Waals surface area (Å²) in [5, 5.41) is 2.83. The molecule has 1 atom stereocenters. The number of rotatable bonds is 3. The lowest BCUT2D eigenvalue weighted by atomic mass is 10.2. The van der Waals surface area contributed by atoms with E-state index in [1.807, 2.05) is 25.1 Å². The van der Waals surface area contributed by atoms with Crippen LogP contribution in [-0.4, -0.2) is 17.7 Å². The summed E-state index contributed by atoms with van der Waals surface area (Å²) in [6.45, 7) is 1.92. The number of hydrogen-bond donors (Lipinski definition) is 2. The molecule has 0 heterocycles. The number of benzene rings is 1. The first-order valence-corrected chi connectivity index (χ1v) is 4.84. The molecule has 1 rings (SSSR count). The topological polar surface area (TPSA) is 29.1 Å². The SMILES string of the molecule is CC(CS)NC(=O)c1ccccc1. The minimum Gasteiger partial charge on any atom is -0.349 e. The third-order valence-corrected chi connectivity index (χ3v) is 2.24. The van der Waals surface area contributed by atoms with E-state index < -0.39 is 0 Å². The average Bonchev–Trinajstić information content (AvgIpc) is 2.19. The van der Waals surface area contributed by atoms with Crippen LogP contribution in [0.2, 0.25) is 0 Å². The van der Waals surface area contributed by atoms with Gasteiger partial charge in [0.1, 0.15) is 0 Å². The Morgan fingerprint density at radius 2 is 2.08 bits per heavy atom. The molecular weight excluding hydrogens is 182 g/mol. The van der Waals surface area contributed by atoms with Crippen molar-refractivity contribution in [2.75, 3.05) is 5.75 Å². The lowest BCUT2D eigenvalue weighted by Crippen LogP contribution is -2.33. The van der Waals surface area contributed by atoms with Gasteiger partial charge in [0.05, 0.1) is 0 Å². The molecule has 0 spiro atoms. The van der Waals surface area contributed by atoms with Crippen LogP contribution in [0, 0.1) is 0 Å². The predicted molar refractivity (Wildman–Crippen MR) is 57.2 cm³/mol. The van der Waals surface area contributed by atoms with Gasteiger partial charge in [0.15, 0.2) is 0 Å². The van der Waals surface area contributed by atoms with E-state index in [4.69, 9.17) is 0 Å². The Labute approximate surface area is 83.8 Å². The highest BCUT2D eigenvalue weighted by Crippen LogP contribution is 1.98. The molecule has 1 aromatic rings. The molecule has 2 nitrogen and oxygen atoms in total. The molecule has 0 radical (unpaired) electrons. The summed E-state index contributed by atoms with van der Waals surface area (Å²) in [4.78, 5) is 11.5. The van der Waals surface area contributed by atoms with Crippen LogP contribution in [0.5, 0.6) is 0 Å². The van der Waals surface area contributed by atoms with Crippen LogP contribution in [0.25, 0.3) is 0 Å². The van der Waals surface area contributed by atoms with E-state index >= 15 is 0 Å². The zero-order valence-corrected chi connectivity index (χ0v) is 8.42. The van der Waals surface area contributed by atoms with Crippen LogP contribution in [0.3, 0.4) is 0 Å². The van der Waals surface area contributed by atoms with Crippen molar-refractivity contribution < 1.29 is 4.79 Å². The van der Waals surface area contributed by atoms with Gasteiger partial charge in [0, 0.05) is 17.4 Å². The lowest BCUT2D eigenvalue weighted by Gasteiger charge is -2.10. The second-order valence-corrected chi connectivity index (χ2v) is 3.29. The molecule has 0 aromatic heterocycles. The molecule has 3 heteroatoms. The van der Waals surface area contributed by atoms with Crippen molar-refractivity contribution in [1.82, 2.24) is 5.32 Å². The fourth-order valence-electron chi connectivity index (χ4n) is 0.942. The summed E-state index contributed by atoms with van der Waals surface area (Å²) >= 11 is 4.09. The third-order valence-electron chi connectivity index (χ3n) is 1.69. The predicted octanol–water partition coefficient (Wildman–Crippen LogP) is 1.73. The van der Waals surface area contributed by atoms with E-state index in [1.165, 1.54) is 0 Å². The molecule has 0 saturated heterocycles. The second-order valence-electron chi connectivity index (χ2n) is 2.92. The van der Waals surface area contributed by atoms with Crippen LogP contribution < -0.4 is 5.32 Å². The van der Waals surface area contributed by atoms with Crippen molar-refractivity contribution in [3.05, 3.63) is 35.9 Å². The Kier molecular flexibility index (Phi) is 3.83. The maximum absolute atomic E-state index is 11.5. The highest BCUT2D eigenvalue weighted by Gasteiger charge is 2.06. The fraction of sp³-hybridized carbons (Fsp3) is 0.300. The zero-order chi connectivity index (χ0) is 9.68. The zero-order valence-electron chi connectivity index (χ0n) is 7.53. The molecule has 0 bridgehead atoms. The Balaban J connectivity index is 2.59. The summed E-state index contributed by atoms with van der Waals surface area (Å²) in [6, 6.07) is 9.27. The minimum atomic E-state index is -0.0397. The average molecular weight is 195 g/mol. The first kappa shape index (κ1) is 10.1. The number of carbonyl (C=O) groups is 1. The van der Waals surface area contributed by atoms with Crippen molar-refractivity contribution in [1.29, 1.82) is 0 Å². The number of carbonyl (C=O) groups excluding carboxylic acids is 1. The first-order chi connectivity index (χ1) is 6.24. The fourth-order valence-corrected chi connectivity index (χ4v) is 1.03. The molecule has 1 unspecified atom stereocenters. The molecule has 1 N–H and O–H groups in total. The maximum atomic E-state index is 11.5. The Morgan fingerprint density at radius 3 is 2.62 bits per heavy atom. The van der Waals surface area contributed by atoms with Gasteiger partial charge in [0.25, 0.3) is 5.91 Å². The molecule has 0 fully saturated rings. The highest BCUT2D eigenvalue weighted by molar-refractivity contribution is 7.80.